The van der Waals surface area contributed by atoms with E-state index in [4.69, 9.17) is 28.5 Å². The van der Waals surface area contributed by atoms with Gasteiger partial charge in [0.05, 0.1) is 21.5 Å². The van der Waals surface area contributed by atoms with Crippen molar-refractivity contribution in [3.05, 3.63) is 33.8 Å². The summed E-state index contributed by atoms with van der Waals surface area (Å²) in [6, 6.07) is 7.89. The number of hydrogen-bond acceptors (Lipinski definition) is 2. The number of benzene rings is 1. The van der Waals surface area contributed by atoms with Crippen LogP contribution in [0.4, 0.5) is 0 Å². The number of nitriles is 1. The minimum Gasteiger partial charge on any atom is -0.309 e. The lowest BCUT2D eigenvalue weighted by Crippen LogP contribution is -2.30. The highest BCUT2D eigenvalue weighted by atomic mass is 35.5. The van der Waals surface area contributed by atoms with Crippen LogP contribution in [-0.2, 0) is 0 Å². The van der Waals surface area contributed by atoms with Gasteiger partial charge in [0, 0.05) is 12.6 Å². The standard InChI is InChI=1S/C13H16Cl2N2/c1-9(17-8-13(2,3)7-16)10-5-4-6-11(14)12(10)15/h4-6,9,17H,8H2,1-3H3. The lowest BCUT2D eigenvalue weighted by atomic mass is 9.95. The summed E-state index contributed by atoms with van der Waals surface area (Å²) in [7, 11) is 0. The maximum absolute atomic E-state index is 8.94. The van der Waals surface area contributed by atoms with Crippen LogP contribution >= 0.6 is 23.2 Å². The van der Waals surface area contributed by atoms with Crippen LogP contribution in [0.3, 0.4) is 0 Å². The molecule has 0 aliphatic rings. The fourth-order valence-electron chi connectivity index (χ4n) is 1.41. The summed E-state index contributed by atoms with van der Waals surface area (Å²) in [6.45, 7) is 6.40. The summed E-state index contributed by atoms with van der Waals surface area (Å²) >= 11 is 12.1. The van der Waals surface area contributed by atoms with Crippen LogP contribution in [0.5, 0.6) is 0 Å². The average molecular weight is 271 g/mol. The molecule has 1 atom stereocenters. The Morgan fingerprint density at radius 3 is 2.65 bits per heavy atom. The van der Waals surface area contributed by atoms with Gasteiger partial charge in [0.15, 0.2) is 0 Å². The van der Waals surface area contributed by atoms with E-state index < -0.39 is 0 Å². The predicted octanol–water partition coefficient (Wildman–Crippen LogP) is 4.19. The third kappa shape index (κ3) is 3.89. The van der Waals surface area contributed by atoms with Crippen molar-refractivity contribution in [3.8, 4) is 6.07 Å². The molecule has 0 aliphatic carbocycles. The second-order valence-electron chi connectivity index (χ2n) is 4.74. The normalized spacial score (nSPS) is 13.2. The number of hydrogen-bond donors (Lipinski definition) is 1. The van der Waals surface area contributed by atoms with Crippen molar-refractivity contribution in [2.75, 3.05) is 6.54 Å². The molecule has 0 radical (unpaired) electrons. The summed E-state index contributed by atoms with van der Waals surface area (Å²) in [5.74, 6) is 0. The molecule has 1 rings (SSSR count). The monoisotopic (exact) mass is 270 g/mol. The molecular weight excluding hydrogens is 255 g/mol. The third-order valence-corrected chi connectivity index (χ3v) is 3.43. The molecule has 0 saturated carbocycles. The summed E-state index contributed by atoms with van der Waals surface area (Å²) in [5, 5.41) is 13.4. The summed E-state index contributed by atoms with van der Waals surface area (Å²) in [6.07, 6.45) is 0. The maximum Gasteiger partial charge on any atom is 0.0697 e. The van der Waals surface area contributed by atoms with Gasteiger partial charge < -0.3 is 5.32 Å². The van der Waals surface area contributed by atoms with Gasteiger partial charge in [0.1, 0.15) is 0 Å². The van der Waals surface area contributed by atoms with Gasteiger partial charge in [-0.05, 0) is 32.4 Å². The van der Waals surface area contributed by atoms with Crippen molar-refractivity contribution in [1.82, 2.24) is 5.32 Å². The van der Waals surface area contributed by atoms with Crippen LogP contribution in [0, 0.1) is 16.7 Å². The minimum atomic E-state index is -0.390. The first-order chi connectivity index (χ1) is 7.87. The van der Waals surface area contributed by atoms with Gasteiger partial charge in [0.2, 0.25) is 0 Å². The SMILES string of the molecule is CC(NCC(C)(C)C#N)c1cccc(Cl)c1Cl. The molecule has 92 valence electrons. The van der Waals surface area contributed by atoms with Crippen LogP contribution in [0.15, 0.2) is 18.2 Å². The Kier molecular flexibility index (Phi) is 4.82. The minimum absolute atomic E-state index is 0.0637. The Hall–Kier alpha value is -0.750. The molecule has 1 aromatic rings. The Labute approximate surface area is 113 Å². The Bertz CT molecular complexity index is 436. The van der Waals surface area contributed by atoms with Crippen molar-refractivity contribution >= 4 is 23.2 Å². The first kappa shape index (κ1) is 14.3. The van der Waals surface area contributed by atoms with E-state index in [-0.39, 0.29) is 11.5 Å². The first-order valence-electron chi connectivity index (χ1n) is 5.46. The molecule has 0 aromatic heterocycles. The third-order valence-electron chi connectivity index (χ3n) is 2.60. The number of nitrogens with one attached hydrogen (secondary N) is 1. The van der Waals surface area contributed by atoms with Gasteiger partial charge >= 0.3 is 0 Å². The summed E-state index contributed by atoms with van der Waals surface area (Å²) < 4.78 is 0. The van der Waals surface area contributed by atoms with E-state index in [0.29, 0.717) is 16.6 Å². The highest BCUT2D eigenvalue weighted by molar-refractivity contribution is 6.42. The Balaban J connectivity index is 2.75. The Morgan fingerprint density at radius 1 is 1.41 bits per heavy atom. The molecule has 17 heavy (non-hydrogen) atoms. The Morgan fingerprint density at radius 2 is 2.06 bits per heavy atom. The quantitative estimate of drug-likeness (QED) is 0.891. The van der Waals surface area contributed by atoms with E-state index in [9.17, 15) is 0 Å². The van der Waals surface area contributed by atoms with Crippen LogP contribution in [0.1, 0.15) is 32.4 Å². The van der Waals surface area contributed by atoms with E-state index >= 15 is 0 Å². The molecule has 1 aromatic carbocycles. The van der Waals surface area contributed by atoms with Crippen molar-refractivity contribution < 1.29 is 0 Å². The van der Waals surface area contributed by atoms with Crippen LogP contribution in [0.25, 0.3) is 0 Å². The number of rotatable bonds is 4. The molecule has 0 amide bonds. The molecule has 0 spiro atoms. The van der Waals surface area contributed by atoms with Gasteiger partial charge in [-0.2, -0.15) is 5.26 Å². The molecule has 0 fully saturated rings. The fraction of sp³-hybridized carbons (Fsp3) is 0.462. The zero-order chi connectivity index (χ0) is 13.1. The number of nitrogens with zero attached hydrogens (tertiary/aromatic N) is 1. The van der Waals surface area contributed by atoms with E-state index in [2.05, 4.69) is 11.4 Å². The average Bonchev–Trinajstić information content (AvgIpc) is 2.30. The van der Waals surface area contributed by atoms with Crippen LogP contribution < -0.4 is 5.32 Å². The second kappa shape index (κ2) is 5.73. The summed E-state index contributed by atoms with van der Waals surface area (Å²) in [4.78, 5) is 0. The van der Waals surface area contributed by atoms with Gasteiger partial charge in [0.25, 0.3) is 0 Å². The van der Waals surface area contributed by atoms with Gasteiger partial charge in [-0.3, -0.25) is 0 Å². The second-order valence-corrected chi connectivity index (χ2v) is 5.53. The number of halogens is 2. The fourth-order valence-corrected chi connectivity index (χ4v) is 1.88. The molecule has 0 aliphatic heterocycles. The maximum atomic E-state index is 8.94. The molecule has 1 N–H and O–H groups in total. The molecule has 4 heteroatoms. The van der Waals surface area contributed by atoms with E-state index in [0.717, 1.165) is 5.56 Å². The van der Waals surface area contributed by atoms with E-state index in [1.54, 1.807) is 6.07 Å². The van der Waals surface area contributed by atoms with E-state index in [1.165, 1.54) is 0 Å². The topological polar surface area (TPSA) is 35.8 Å². The van der Waals surface area contributed by atoms with Crippen molar-refractivity contribution in [2.45, 2.75) is 26.8 Å². The molecule has 2 nitrogen and oxygen atoms in total. The smallest absolute Gasteiger partial charge is 0.0697 e. The lowest BCUT2D eigenvalue weighted by molar-refractivity contribution is 0.415. The molecule has 0 saturated heterocycles. The lowest BCUT2D eigenvalue weighted by Gasteiger charge is -2.21. The zero-order valence-corrected chi connectivity index (χ0v) is 11.7. The van der Waals surface area contributed by atoms with Crippen LogP contribution in [0.2, 0.25) is 10.0 Å². The van der Waals surface area contributed by atoms with Crippen molar-refractivity contribution in [2.24, 2.45) is 5.41 Å². The van der Waals surface area contributed by atoms with E-state index in [1.807, 2.05) is 32.9 Å². The van der Waals surface area contributed by atoms with Crippen molar-refractivity contribution in [1.29, 1.82) is 5.26 Å². The molecule has 1 unspecified atom stereocenters. The predicted molar refractivity (Wildman–Crippen MR) is 72.3 cm³/mol. The van der Waals surface area contributed by atoms with Gasteiger partial charge in [-0.25, -0.2) is 0 Å². The van der Waals surface area contributed by atoms with Gasteiger partial charge in [-0.15, -0.1) is 0 Å². The molecule has 0 heterocycles. The highest BCUT2D eigenvalue weighted by Gasteiger charge is 2.19. The largest absolute Gasteiger partial charge is 0.309 e. The van der Waals surface area contributed by atoms with Crippen molar-refractivity contribution in [3.63, 3.8) is 0 Å². The molecular formula is C13H16Cl2N2. The van der Waals surface area contributed by atoms with Gasteiger partial charge in [-0.1, -0.05) is 35.3 Å². The summed E-state index contributed by atoms with van der Waals surface area (Å²) in [5.41, 5.74) is 0.562. The zero-order valence-electron chi connectivity index (χ0n) is 10.2. The highest BCUT2D eigenvalue weighted by Crippen LogP contribution is 2.30. The first-order valence-corrected chi connectivity index (χ1v) is 6.21. The molecule has 0 bridgehead atoms. The van der Waals surface area contributed by atoms with Crippen LogP contribution in [-0.4, -0.2) is 6.54 Å².